The second-order valence-corrected chi connectivity index (χ2v) is 8.89. The fraction of sp³-hybridized carbons (Fsp3) is 0.462. The Kier molecular flexibility index (Phi) is 7.36. The smallest absolute Gasteiger partial charge is 0.227 e. The zero-order valence-electron chi connectivity index (χ0n) is 18.2. The number of nitrogens with one attached hydrogen (secondary N) is 1. The van der Waals surface area contributed by atoms with E-state index >= 15 is 0 Å². The lowest BCUT2D eigenvalue weighted by Gasteiger charge is -2.35. The normalized spacial score (nSPS) is 20.4. The van der Waals surface area contributed by atoms with Crippen molar-refractivity contribution in [2.45, 2.75) is 44.7 Å². The van der Waals surface area contributed by atoms with Crippen molar-refractivity contribution >= 4 is 11.8 Å². The molecule has 0 aliphatic carbocycles. The van der Waals surface area contributed by atoms with Crippen LogP contribution in [0.5, 0.6) is 0 Å². The summed E-state index contributed by atoms with van der Waals surface area (Å²) >= 11 is 0. The molecule has 4 rings (SSSR count). The first-order valence-electron chi connectivity index (χ1n) is 11.6. The summed E-state index contributed by atoms with van der Waals surface area (Å²) in [4.78, 5) is 29.9. The number of rotatable bonds is 6. The lowest BCUT2D eigenvalue weighted by molar-refractivity contribution is -0.135. The van der Waals surface area contributed by atoms with Gasteiger partial charge >= 0.3 is 0 Å². The van der Waals surface area contributed by atoms with Gasteiger partial charge in [-0.3, -0.25) is 14.5 Å². The Morgan fingerprint density at radius 2 is 1.48 bits per heavy atom. The highest BCUT2D eigenvalue weighted by Crippen LogP contribution is 2.20. The number of carbonyl (C=O) groups excluding carboxylic acids is 2. The first-order chi connectivity index (χ1) is 15.2. The lowest BCUT2D eigenvalue weighted by atomic mass is 9.95. The second-order valence-electron chi connectivity index (χ2n) is 8.89. The van der Waals surface area contributed by atoms with Gasteiger partial charge in [-0.2, -0.15) is 0 Å². The molecule has 0 spiro atoms. The Morgan fingerprint density at radius 3 is 2.16 bits per heavy atom. The van der Waals surface area contributed by atoms with Crippen molar-refractivity contribution in [3.05, 3.63) is 71.8 Å². The molecule has 0 bridgehead atoms. The van der Waals surface area contributed by atoms with Gasteiger partial charge in [-0.15, -0.1) is 0 Å². The van der Waals surface area contributed by atoms with Crippen molar-refractivity contribution in [3.63, 3.8) is 0 Å². The molecule has 0 saturated carbocycles. The fourth-order valence-electron chi connectivity index (χ4n) is 4.70. The predicted octanol–water partition coefficient (Wildman–Crippen LogP) is 3.25. The maximum atomic E-state index is 12.9. The highest BCUT2D eigenvalue weighted by Gasteiger charge is 2.30. The van der Waals surface area contributed by atoms with Gasteiger partial charge < -0.3 is 10.2 Å². The van der Waals surface area contributed by atoms with E-state index in [1.54, 1.807) is 0 Å². The number of amides is 2. The van der Waals surface area contributed by atoms with Crippen LogP contribution in [0.1, 0.15) is 36.8 Å². The molecule has 1 atom stereocenters. The Hall–Kier alpha value is -2.66. The summed E-state index contributed by atoms with van der Waals surface area (Å²) in [6.45, 7) is 4.29. The second kappa shape index (κ2) is 10.6. The van der Waals surface area contributed by atoms with Crippen LogP contribution in [0.2, 0.25) is 0 Å². The van der Waals surface area contributed by atoms with Crippen LogP contribution in [0.15, 0.2) is 60.7 Å². The van der Waals surface area contributed by atoms with Gasteiger partial charge in [-0.1, -0.05) is 60.7 Å². The fourth-order valence-corrected chi connectivity index (χ4v) is 4.70. The Morgan fingerprint density at radius 1 is 0.839 bits per heavy atom. The Labute approximate surface area is 185 Å². The van der Waals surface area contributed by atoms with Gasteiger partial charge in [-0.05, 0) is 36.8 Å². The molecule has 2 aliphatic rings. The zero-order valence-corrected chi connectivity index (χ0v) is 18.2. The first-order valence-corrected chi connectivity index (χ1v) is 11.6. The molecule has 1 N–H and O–H groups in total. The molecule has 2 amide bonds. The minimum Gasteiger partial charge on any atom is -0.353 e. The molecular weight excluding hydrogens is 386 g/mol. The average molecular weight is 420 g/mol. The molecule has 0 radical (unpaired) electrons. The van der Waals surface area contributed by atoms with Crippen LogP contribution < -0.4 is 5.32 Å². The third kappa shape index (κ3) is 6.17. The SMILES string of the molecule is O=C(NC1CCN(Cc2ccccc2)CC1)C1CCCN(C(=O)Cc2ccccc2)C1. The van der Waals surface area contributed by atoms with Crippen molar-refractivity contribution in [2.75, 3.05) is 26.2 Å². The van der Waals surface area contributed by atoms with E-state index in [1.807, 2.05) is 41.3 Å². The summed E-state index contributed by atoms with van der Waals surface area (Å²) in [5.41, 5.74) is 2.37. The van der Waals surface area contributed by atoms with Crippen LogP contribution in [0.25, 0.3) is 0 Å². The van der Waals surface area contributed by atoms with E-state index in [9.17, 15) is 9.59 Å². The van der Waals surface area contributed by atoms with Gasteiger partial charge in [0.05, 0.1) is 12.3 Å². The standard InChI is InChI=1S/C26H33N3O2/c30-25(18-21-8-3-1-4-9-21)29-15-7-12-23(20-29)26(31)27-24-13-16-28(17-14-24)19-22-10-5-2-6-11-22/h1-6,8-11,23-24H,7,12-20H2,(H,27,31). The maximum Gasteiger partial charge on any atom is 0.227 e. The average Bonchev–Trinajstić information content (AvgIpc) is 2.82. The summed E-state index contributed by atoms with van der Waals surface area (Å²) in [5.74, 6) is 0.160. The van der Waals surface area contributed by atoms with Gasteiger partial charge in [0.25, 0.3) is 0 Å². The first kappa shape index (κ1) is 21.6. The van der Waals surface area contributed by atoms with Crippen molar-refractivity contribution in [3.8, 4) is 0 Å². The summed E-state index contributed by atoms with van der Waals surface area (Å²) in [6.07, 6.45) is 4.15. The molecule has 1 unspecified atom stereocenters. The van der Waals surface area contributed by atoms with Crippen molar-refractivity contribution in [1.82, 2.24) is 15.1 Å². The maximum absolute atomic E-state index is 12.9. The van der Waals surface area contributed by atoms with E-state index in [2.05, 4.69) is 34.5 Å². The molecule has 5 nitrogen and oxygen atoms in total. The van der Waals surface area contributed by atoms with Crippen LogP contribution in [-0.4, -0.2) is 53.8 Å². The summed E-state index contributed by atoms with van der Waals surface area (Å²) in [6, 6.07) is 20.6. The van der Waals surface area contributed by atoms with Crippen LogP contribution >= 0.6 is 0 Å². The molecule has 2 aromatic carbocycles. The van der Waals surface area contributed by atoms with Crippen molar-refractivity contribution in [2.24, 2.45) is 5.92 Å². The van der Waals surface area contributed by atoms with E-state index in [1.165, 1.54) is 5.56 Å². The summed E-state index contributed by atoms with van der Waals surface area (Å²) < 4.78 is 0. The molecule has 2 saturated heterocycles. The summed E-state index contributed by atoms with van der Waals surface area (Å²) in [7, 11) is 0. The predicted molar refractivity (Wildman–Crippen MR) is 122 cm³/mol. The molecule has 164 valence electrons. The molecule has 5 heteroatoms. The highest BCUT2D eigenvalue weighted by atomic mass is 16.2. The molecule has 2 aromatic rings. The number of carbonyl (C=O) groups is 2. The number of benzene rings is 2. The van der Waals surface area contributed by atoms with Crippen LogP contribution in [0, 0.1) is 5.92 Å². The monoisotopic (exact) mass is 419 g/mol. The largest absolute Gasteiger partial charge is 0.353 e. The minimum absolute atomic E-state index is 0.0872. The number of piperidine rings is 2. The third-order valence-corrected chi connectivity index (χ3v) is 6.53. The van der Waals surface area contributed by atoms with Gasteiger partial charge in [0, 0.05) is 38.8 Å². The lowest BCUT2D eigenvalue weighted by Crippen LogP contribution is -2.50. The number of likely N-dealkylation sites (tertiary alicyclic amines) is 2. The number of hydrogen-bond acceptors (Lipinski definition) is 3. The quantitative estimate of drug-likeness (QED) is 0.782. The Bertz CT molecular complexity index is 847. The van der Waals surface area contributed by atoms with Gasteiger partial charge in [0.2, 0.25) is 11.8 Å². The topological polar surface area (TPSA) is 52.7 Å². The van der Waals surface area contributed by atoms with E-state index in [0.717, 1.165) is 57.4 Å². The highest BCUT2D eigenvalue weighted by molar-refractivity contribution is 5.82. The van der Waals surface area contributed by atoms with Crippen LogP contribution in [-0.2, 0) is 22.6 Å². The van der Waals surface area contributed by atoms with Crippen molar-refractivity contribution < 1.29 is 9.59 Å². The molecular formula is C26H33N3O2. The van der Waals surface area contributed by atoms with Crippen molar-refractivity contribution in [1.29, 1.82) is 0 Å². The summed E-state index contributed by atoms with van der Waals surface area (Å²) in [5, 5.41) is 3.28. The number of hydrogen-bond donors (Lipinski definition) is 1. The van der Waals surface area contributed by atoms with Crippen LogP contribution in [0.4, 0.5) is 0 Å². The molecule has 2 aliphatic heterocycles. The zero-order chi connectivity index (χ0) is 21.5. The molecule has 31 heavy (non-hydrogen) atoms. The van der Waals surface area contributed by atoms with E-state index in [4.69, 9.17) is 0 Å². The van der Waals surface area contributed by atoms with E-state index in [-0.39, 0.29) is 23.8 Å². The van der Waals surface area contributed by atoms with E-state index in [0.29, 0.717) is 13.0 Å². The molecule has 2 heterocycles. The van der Waals surface area contributed by atoms with E-state index < -0.39 is 0 Å². The van der Waals surface area contributed by atoms with Crippen LogP contribution in [0.3, 0.4) is 0 Å². The minimum atomic E-state index is -0.0872. The van der Waals surface area contributed by atoms with Gasteiger partial charge in [0.15, 0.2) is 0 Å². The van der Waals surface area contributed by atoms with Gasteiger partial charge in [0.1, 0.15) is 0 Å². The Balaban J connectivity index is 1.22. The molecule has 0 aromatic heterocycles. The third-order valence-electron chi connectivity index (χ3n) is 6.53. The number of nitrogens with zero attached hydrogens (tertiary/aromatic N) is 2. The molecule has 2 fully saturated rings. The van der Waals surface area contributed by atoms with Gasteiger partial charge in [-0.25, -0.2) is 0 Å².